The molecular formula is C68H40F3N9. The van der Waals surface area contributed by atoms with Gasteiger partial charge in [-0.3, -0.25) is 0 Å². The van der Waals surface area contributed by atoms with E-state index in [2.05, 4.69) is 6.07 Å². The Labute approximate surface area is 455 Å². The van der Waals surface area contributed by atoms with E-state index in [4.69, 9.17) is 29.9 Å². The summed E-state index contributed by atoms with van der Waals surface area (Å²) in [6.07, 6.45) is -4.78. The van der Waals surface area contributed by atoms with Gasteiger partial charge in [0.25, 0.3) is 0 Å². The number of fused-ring (bicyclic) bond motifs is 6. The topological polar surface area (TPSA) is 111 Å². The standard InChI is InChI=1S/C68H40F3N9/c69-68(70,71)54-30-16-13-29-53(54)61-59(79-55-31-17-14-27-49(55)51-35-33-47(39-57(51)79)66-75-62(43-19-5-1-6-20-43)73-63(76-66)44-21-7-2-8-22-44)37-42(41-72)38-60(61)80-56-32-18-15-28-50(56)52-36-34-48(40-58(52)80)67-77-64(45-23-9-3-10-24-45)74-65(78-67)46-25-11-4-12-26-46/h1-40H. The van der Waals surface area contributed by atoms with Crippen molar-refractivity contribution in [1.82, 2.24) is 39.0 Å². The number of rotatable bonds is 9. The molecule has 12 heteroatoms. The Kier molecular flexibility index (Phi) is 11.5. The smallest absolute Gasteiger partial charge is 0.308 e. The molecule has 0 unspecified atom stereocenters. The minimum atomic E-state index is -4.78. The molecular weight excluding hydrogens is 1000 g/mol. The molecule has 0 aliphatic heterocycles. The summed E-state index contributed by atoms with van der Waals surface area (Å²) in [5.41, 5.74) is 7.48. The highest BCUT2D eigenvalue weighted by molar-refractivity contribution is 6.13. The SMILES string of the molecule is N#Cc1cc(-n2c3ccccc3c3ccc(-c4nc(-c5ccccc5)nc(-c5ccccc5)n4)cc32)c(-c2ccccc2C(F)(F)F)c(-n2c3ccccc3c3ccc(-c4nc(-c5ccccc5)nc(-c5ccccc5)n4)cc32)c1. The normalized spacial score (nSPS) is 11.7. The van der Waals surface area contributed by atoms with Crippen LogP contribution in [0.15, 0.2) is 243 Å². The van der Waals surface area contributed by atoms with Crippen molar-refractivity contribution in [1.29, 1.82) is 5.26 Å². The fraction of sp³-hybridized carbons (Fsp3) is 0.0147. The van der Waals surface area contributed by atoms with Gasteiger partial charge in [-0.1, -0.05) is 200 Å². The molecule has 0 saturated heterocycles. The predicted molar refractivity (Wildman–Crippen MR) is 310 cm³/mol. The number of hydrogen-bond acceptors (Lipinski definition) is 7. The molecule has 4 heterocycles. The lowest BCUT2D eigenvalue weighted by molar-refractivity contribution is -0.137. The number of nitriles is 1. The van der Waals surface area contributed by atoms with Crippen LogP contribution < -0.4 is 0 Å². The maximum Gasteiger partial charge on any atom is 0.417 e. The van der Waals surface area contributed by atoms with Crippen LogP contribution in [-0.4, -0.2) is 39.0 Å². The van der Waals surface area contributed by atoms with Crippen molar-refractivity contribution in [2.24, 2.45) is 0 Å². The second-order valence-electron chi connectivity index (χ2n) is 19.3. The zero-order valence-electron chi connectivity index (χ0n) is 42.3. The second-order valence-corrected chi connectivity index (χ2v) is 19.3. The first kappa shape index (κ1) is 47.5. The highest BCUT2D eigenvalue weighted by Crippen LogP contribution is 2.47. The van der Waals surface area contributed by atoms with E-state index >= 15 is 13.2 Å². The Morgan fingerprint density at radius 2 is 0.650 bits per heavy atom. The van der Waals surface area contributed by atoms with E-state index < -0.39 is 11.7 Å². The Hall–Kier alpha value is -10.9. The van der Waals surface area contributed by atoms with Crippen molar-refractivity contribution in [3.63, 3.8) is 0 Å². The highest BCUT2D eigenvalue weighted by atomic mass is 19.4. The summed E-state index contributed by atoms with van der Waals surface area (Å²) >= 11 is 0. The first-order valence-electron chi connectivity index (χ1n) is 25.8. The Morgan fingerprint density at radius 1 is 0.325 bits per heavy atom. The van der Waals surface area contributed by atoms with Crippen LogP contribution in [0.5, 0.6) is 0 Å². The molecule has 9 nitrogen and oxygen atoms in total. The summed E-state index contributed by atoms with van der Waals surface area (Å²) in [6, 6.07) is 77.7. The van der Waals surface area contributed by atoms with E-state index in [-0.39, 0.29) is 16.7 Å². The van der Waals surface area contributed by atoms with Crippen molar-refractivity contribution in [3.8, 4) is 96.9 Å². The number of para-hydroxylation sites is 2. The summed E-state index contributed by atoms with van der Waals surface area (Å²) < 4.78 is 51.5. The Morgan fingerprint density at radius 3 is 1.02 bits per heavy atom. The molecule has 0 fully saturated rings. The molecule has 0 spiro atoms. The van der Waals surface area contributed by atoms with Gasteiger partial charge in [-0.05, 0) is 48.0 Å². The molecule has 0 saturated carbocycles. The minimum Gasteiger partial charge on any atom is -0.308 e. The lowest BCUT2D eigenvalue weighted by Crippen LogP contribution is -2.11. The summed E-state index contributed by atoms with van der Waals surface area (Å²) in [7, 11) is 0. The van der Waals surface area contributed by atoms with E-state index in [1.165, 1.54) is 12.1 Å². The van der Waals surface area contributed by atoms with Crippen molar-refractivity contribution in [3.05, 3.63) is 254 Å². The van der Waals surface area contributed by atoms with Crippen LogP contribution in [0.2, 0.25) is 0 Å². The molecule has 0 atom stereocenters. The van der Waals surface area contributed by atoms with Crippen molar-refractivity contribution >= 4 is 43.6 Å². The van der Waals surface area contributed by atoms with Gasteiger partial charge in [-0.25, -0.2) is 29.9 Å². The van der Waals surface area contributed by atoms with Crippen molar-refractivity contribution < 1.29 is 13.2 Å². The molecule has 14 aromatic rings. The van der Waals surface area contributed by atoms with Crippen LogP contribution in [0.4, 0.5) is 13.2 Å². The average molecular weight is 1040 g/mol. The summed E-state index contributed by atoms with van der Waals surface area (Å²) in [5, 5.41) is 14.5. The Bertz CT molecular complexity index is 4380. The molecule has 378 valence electrons. The van der Waals surface area contributed by atoms with Gasteiger partial charge in [0.2, 0.25) is 0 Å². The van der Waals surface area contributed by atoms with Gasteiger partial charge in [0.1, 0.15) is 0 Å². The van der Waals surface area contributed by atoms with Gasteiger partial charge in [0.05, 0.1) is 50.6 Å². The second kappa shape index (κ2) is 19.3. The third-order valence-electron chi connectivity index (χ3n) is 14.5. The number of alkyl halides is 3. The zero-order valence-corrected chi connectivity index (χ0v) is 42.3. The maximum atomic E-state index is 15.8. The van der Waals surface area contributed by atoms with Crippen LogP contribution in [0.25, 0.3) is 134 Å². The minimum absolute atomic E-state index is 0.0754. The van der Waals surface area contributed by atoms with E-state index in [0.717, 1.165) is 49.9 Å². The summed E-state index contributed by atoms with van der Waals surface area (Å²) in [5.74, 6) is 2.71. The fourth-order valence-corrected chi connectivity index (χ4v) is 10.9. The van der Waals surface area contributed by atoms with Crippen molar-refractivity contribution in [2.45, 2.75) is 6.18 Å². The lowest BCUT2D eigenvalue weighted by Gasteiger charge is -2.23. The number of halogens is 3. The van der Waals surface area contributed by atoms with E-state index in [9.17, 15) is 5.26 Å². The molecule has 14 rings (SSSR count). The monoisotopic (exact) mass is 1040 g/mol. The quantitative estimate of drug-likeness (QED) is 0.142. The van der Waals surface area contributed by atoms with Gasteiger partial charge < -0.3 is 9.13 Å². The number of aromatic nitrogens is 8. The van der Waals surface area contributed by atoms with Gasteiger partial charge in [-0.15, -0.1) is 0 Å². The number of hydrogen-bond donors (Lipinski definition) is 0. The largest absolute Gasteiger partial charge is 0.417 e. The van der Waals surface area contributed by atoms with Gasteiger partial charge >= 0.3 is 6.18 Å². The van der Waals surface area contributed by atoms with Gasteiger partial charge in [-0.2, -0.15) is 18.4 Å². The van der Waals surface area contributed by atoms with Crippen LogP contribution in [0.1, 0.15) is 11.1 Å². The third-order valence-corrected chi connectivity index (χ3v) is 14.5. The molecule has 0 radical (unpaired) electrons. The van der Waals surface area contributed by atoms with Crippen LogP contribution in [0.3, 0.4) is 0 Å². The molecule has 4 aromatic heterocycles. The average Bonchev–Trinajstić information content (AvgIpc) is 3.94. The molecule has 10 aromatic carbocycles. The highest BCUT2D eigenvalue weighted by Gasteiger charge is 2.36. The summed E-state index contributed by atoms with van der Waals surface area (Å²) in [4.78, 5) is 30.1. The molecule has 0 N–H and O–H groups in total. The number of nitrogens with zero attached hydrogens (tertiary/aromatic N) is 9. The lowest BCUT2D eigenvalue weighted by atomic mass is 9.94. The van der Waals surface area contributed by atoms with E-state index in [1.54, 1.807) is 18.2 Å². The Balaban J connectivity index is 1.07. The number of benzene rings is 10. The maximum absolute atomic E-state index is 15.8. The van der Waals surface area contributed by atoms with Crippen LogP contribution >= 0.6 is 0 Å². The van der Waals surface area contributed by atoms with Gasteiger partial charge in [0.15, 0.2) is 34.9 Å². The first-order valence-corrected chi connectivity index (χ1v) is 25.8. The molecule has 80 heavy (non-hydrogen) atoms. The first-order chi connectivity index (χ1) is 39.3. The van der Waals surface area contributed by atoms with Crippen LogP contribution in [0, 0.1) is 11.3 Å². The molecule has 0 bridgehead atoms. The van der Waals surface area contributed by atoms with Crippen molar-refractivity contribution in [2.75, 3.05) is 0 Å². The predicted octanol–water partition coefficient (Wildman–Crippen LogP) is 16.8. The van der Waals surface area contributed by atoms with Gasteiger partial charge in [0, 0.05) is 60.5 Å². The van der Waals surface area contributed by atoms with Crippen LogP contribution in [-0.2, 0) is 6.18 Å². The molecule has 0 amide bonds. The fourth-order valence-electron chi connectivity index (χ4n) is 10.9. The van der Waals surface area contributed by atoms with E-state index in [1.807, 2.05) is 215 Å². The van der Waals surface area contributed by atoms with E-state index in [0.29, 0.717) is 79.5 Å². The zero-order chi connectivity index (χ0) is 53.9. The third kappa shape index (κ3) is 8.29. The molecule has 0 aliphatic carbocycles. The molecule has 0 aliphatic rings. The summed E-state index contributed by atoms with van der Waals surface area (Å²) in [6.45, 7) is 0.